The zero-order chi connectivity index (χ0) is 38.9. The molecule has 1 aliphatic rings. The van der Waals surface area contributed by atoms with Gasteiger partial charge in [-0.2, -0.15) is 0 Å². The third kappa shape index (κ3) is 4.87. The van der Waals surface area contributed by atoms with Crippen molar-refractivity contribution in [2.45, 2.75) is 5.41 Å². The molecule has 276 valence electrons. The summed E-state index contributed by atoms with van der Waals surface area (Å²) in [6.45, 7) is 0. The van der Waals surface area contributed by atoms with Crippen LogP contribution in [0.1, 0.15) is 22.3 Å². The number of benzene rings is 10. The van der Waals surface area contributed by atoms with E-state index in [2.05, 4.69) is 223 Å². The normalized spacial score (nSPS) is 12.9. The highest BCUT2D eigenvalue weighted by Crippen LogP contribution is 2.61. The molecule has 10 aromatic carbocycles. The molecule has 59 heavy (non-hydrogen) atoms. The summed E-state index contributed by atoms with van der Waals surface area (Å²) in [5.74, 6) is 0. The van der Waals surface area contributed by atoms with E-state index in [0.717, 1.165) is 44.4 Å². The van der Waals surface area contributed by atoms with Gasteiger partial charge in [-0.25, -0.2) is 0 Å². The van der Waals surface area contributed by atoms with E-state index in [0.29, 0.717) is 0 Å². The predicted octanol–water partition coefficient (Wildman–Crippen LogP) is 15.4. The quantitative estimate of drug-likeness (QED) is 0.168. The summed E-state index contributed by atoms with van der Waals surface area (Å²) in [5, 5.41) is 7.06. The topological polar surface area (TPSA) is 16.4 Å². The Morgan fingerprint density at radius 3 is 1.73 bits per heavy atom. The Balaban J connectivity index is 1.17. The highest BCUT2D eigenvalue weighted by atomic mass is 16.3. The lowest BCUT2D eigenvalue weighted by molar-refractivity contribution is 0.669. The molecule has 0 N–H and O–H groups in total. The molecule has 1 heterocycles. The fourth-order valence-electron chi connectivity index (χ4n) is 10.1. The maximum Gasteiger partial charge on any atom is 0.159 e. The van der Waals surface area contributed by atoms with Gasteiger partial charge >= 0.3 is 0 Å². The lowest BCUT2D eigenvalue weighted by atomic mass is 9.66. The molecule has 0 fully saturated rings. The maximum absolute atomic E-state index is 6.69. The zero-order valence-electron chi connectivity index (χ0n) is 32.2. The monoisotopic (exact) mass is 751 g/mol. The van der Waals surface area contributed by atoms with E-state index in [1.807, 2.05) is 6.07 Å². The summed E-state index contributed by atoms with van der Waals surface area (Å²) >= 11 is 0. The number of para-hydroxylation sites is 3. The van der Waals surface area contributed by atoms with Crippen molar-refractivity contribution in [2.24, 2.45) is 0 Å². The first-order chi connectivity index (χ1) is 29.3. The molecule has 0 saturated heterocycles. The van der Waals surface area contributed by atoms with Crippen LogP contribution in [0.15, 0.2) is 229 Å². The van der Waals surface area contributed by atoms with Gasteiger partial charge in [-0.3, -0.25) is 0 Å². The zero-order valence-corrected chi connectivity index (χ0v) is 32.2. The van der Waals surface area contributed by atoms with Crippen molar-refractivity contribution < 1.29 is 4.42 Å². The molecule has 0 atom stereocenters. The number of anilines is 3. The van der Waals surface area contributed by atoms with Crippen LogP contribution in [0.3, 0.4) is 0 Å². The summed E-state index contributed by atoms with van der Waals surface area (Å²) in [6, 6.07) is 81.8. The molecule has 0 radical (unpaired) electrons. The van der Waals surface area contributed by atoms with Crippen molar-refractivity contribution in [2.75, 3.05) is 4.90 Å². The Bertz CT molecular complexity index is 3340. The van der Waals surface area contributed by atoms with Crippen LogP contribution >= 0.6 is 0 Å². The molecule has 1 aliphatic carbocycles. The molecule has 0 unspecified atom stereocenters. The summed E-state index contributed by atoms with van der Waals surface area (Å²) in [7, 11) is 0. The van der Waals surface area contributed by atoms with E-state index >= 15 is 0 Å². The third-order valence-electron chi connectivity index (χ3n) is 12.5. The lowest BCUT2D eigenvalue weighted by Gasteiger charge is -2.35. The Morgan fingerprint density at radius 1 is 0.373 bits per heavy atom. The molecule has 0 bridgehead atoms. The molecule has 0 amide bonds. The largest absolute Gasteiger partial charge is 0.454 e. The number of furan rings is 1. The Morgan fingerprint density at radius 2 is 0.966 bits per heavy atom. The van der Waals surface area contributed by atoms with E-state index in [1.165, 1.54) is 60.7 Å². The lowest BCUT2D eigenvalue weighted by Crippen LogP contribution is -2.28. The minimum absolute atomic E-state index is 0.533. The predicted molar refractivity (Wildman–Crippen MR) is 246 cm³/mol. The summed E-state index contributed by atoms with van der Waals surface area (Å²) < 4.78 is 6.69. The van der Waals surface area contributed by atoms with Crippen LogP contribution in [-0.2, 0) is 5.41 Å². The van der Waals surface area contributed by atoms with Gasteiger partial charge < -0.3 is 9.32 Å². The SMILES string of the molecule is c1ccc(N(c2ccc(-c3cc4ccccc4c4c3-c3ccccc3C4(c3ccccc3)c3ccccc3)c3ccccc23)c2cccc3c2oc2ccccc23)cc1. The van der Waals surface area contributed by atoms with Gasteiger partial charge in [-0.15, -0.1) is 0 Å². The van der Waals surface area contributed by atoms with Crippen molar-refractivity contribution in [3.05, 3.63) is 247 Å². The second-order valence-electron chi connectivity index (χ2n) is 15.5. The average Bonchev–Trinajstić information content (AvgIpc) is 3.85. The van der Waals surface area contributed by atoms with Crippen LogP contribution in [0.5, 0.6) is 0 Å². The number of rotatable bonds is 6. The standard InChI is InChI=1S/C57H37NO/c1-4-20-39(21-5-1)57(40-22-6-2-7-23-40)50-32-16-14-30-48(50)54-49(37-38-19-10-11-26-42(38)55(54)57)44-35-36-51(45-28-13-12-27-43(44)45)58(41-24-8-3-9-25-41)52-33-18-31-47-46-29-15-17-34-53(46)59-56(47)52/h1-37H. The first kappa shape index (κ1) is 33.5. The first-order valence-corrected chi connectivity index (χ1v) is 20.4. The summed E-state index contributed by atoms with van der Waals surface area (Å²) in [4.78, 5) is 2.37. The van der Waals surface area contributed by atoms with Crippen LogP contribution in [0, 0.1) is 0 Å². The third-order valence-corrected chi connectivity index (χ3v) is 12.5. The van der Waals surface area contributed by atoms with Gasteiger partial charge in [-0.1, -0.05) is 188 Å². The number of hydrogen-bond donors (Lipinski definition) is 0. The molecular weight excluding hydrogens is 715 g/mol. The van der Waals surface area contributed by atoms with Gasteiger partial charge in [0.15, 0.2) is 5.58 Å². The Labute approximate surface area is 342 Å². The van der Waals surface area contributed by atoms with E-state index in [9.17, 15) is 0 Å². The molecule has 0 aliphatic heterocycles. The molecule has 1 aromatic heterocycles. The fraction of sp³-hybridized carbons (Fsp3) is 0.0175. The maximum atomic E-state index is 6.69. The van der Waals surface area contributed by atoms with Crippen molar-refractivity contribution in [1.82, 2.24) is 0 Å². The van der Waals surface area contributed by atoms with Crippen LogP contribution in [0.4, 0.5) is 17.1 Å². The van der Waals surface area contributed by atoms with Crippen LogP contribution in [0.25, 0.3) is 65.7 Å². The van der Waals surface area contributed by atoms with Crippen molar-refractivity contribution >= 4 is 60.5 Å². The van der Waals surface area contributed by atoms with Gasteiger partial charge in [0.05, 0.1) is 16.8 Å². The highest BCUT2D eigenvalue weighted by molar-refractivity contribution is 6.15. The number of hydrogen-bond acceptors (Lipinski definition) is 2. The van der Waals surface area contributed by atoms with Crippen molar-refractivity contribution in [3.63, 3.8) is 0 Å². The summed E-state index contributed by atoms with van der Waals surface area (Å²) in [5.41, 5.74) is 14.5. The first-order valence-electron chi connectivity index (χ1n) is 20.4. The molecule has 0 saturated carbocycles. The van der Waals surface area contributed by atoms with Crippen LogP contribution in [0.2, 0.25) is 0 Å². The van der Waals surface area contributed by atoms with E-state index < -0.39 is 5.41 Å². The second-order valence-corrected chi connectivity index (χ2v) is 15.5. The van der Waals surface area contributed by atoms with Crippen LogP contribution < -0.4 is 4.90 Å². The average molecular weight is 752 g/mol. The fourth-order valence-corrected chi connectivity index (χ4v) is 10.1. The van der Waals surface area contributed by atoms with Crippen molar-refractivity contribution in [3.8, 4) is 22.3 Å². The molecule has 11 aromatic rings. The van der Waals surface area contributed by atoms with Gasteiger partial charge in [-0.05, 0) is 97.1 Å². The molecule has 2 heteroatoms. The van der Waals surface area contributed by atoms with Gasteiger partial charge in [0.25, 0.3) is 0 Å². The van der Waals surface area contributed by atoms with Crippen molar-refractivity contribution in [1.29, 1.82) is 0 Å². The minimum atomic E-state index is -0.533. The number of nitrogens with zero attached hydrogens (tertiary/aromatic N) is 1. The van der Waals surface area contributed by atoms with E-state index in [-0.39, 0.29) is 0 Å². The van der Waals surface area contributed by atoms with Crippen LogP contribution in [-0.4, -0.2) is 0 Å². The van der Waals surface area contributed by atoms with Gasteiger partial charge in [0.2, 0.25) is 0 Å². The van der Waals surface area contributed by atoms with Gasteiger partial charge in [0.1, 0.15) is 5.58 Å². The molecule has 2 nitrogen and oxygen atoms in total. The van der Waals surface area contributed by atoms with E-state index in [1.54, 1.807) is 0 Å². The second kappa shape index (κ2) is 13.2. The summed E-state index contributed by atoms with van der Waals surface area (Å²) in [6.07, 6.45) is 0. The minimum Gasteiger partial charge on any atom is -0.454 e. The molecule has 12 rings (SSSR count). The molecule has 0 spiro atoms. The van der Waals surface area contributed by atoms with Gasteiger partial charge in [0, 0.05) is 21.8 Å². The van der Waals surface area contributed by atoms with E-state index in [4.69, 9.17) is 4.42 Å². The smallest absolute Gasteiger partial charge is 0.159 e. The Kier molecular flexibility index (Phi) is 7.48. The molecular formula is C57H37NO. The Hall–Kier alpha value is -7.68. The highest BCUT2D eigenvalue weighted by Gasteiger charge is 2.48. The number of fused-ring (bicyclic) bond motifs is 9.